The fraction of sp³-hybridized carbons (Fsp3) is 0.188. The molecule has 0 aliphatic carbocycles. The van der Waals surface area contributed by atoms with Gasteiger partial charge in [0.05, 0.1) is 11.4 Å². The zero-order valence-electron chi connectivity index (χ0n) is 12.5. The Bertz CT molecular complexity index is 789. The molecule has 122 valence electrons. The fourth-order valence-electron chi connectivity index (χ4n) is 1.92. The summed E-state index contributed by atoms with van der Waals surface area (Å²) in [6.45, 7) is 2.02. The summed E-state index contributed by atoms with van der Waals surface area (Å²) >= 11 is 3.24. The van der Waals surface area contributed by atoms with Gasteiger partial charge in [0.1, 0.15) is 0 Å². The van der Waals surface area contributed by atoms with Crippen molar-refractivity contribution in [1.29, 1.82) is 0 Å². The standard InChI is InChI=1S/C16H17BrN2O3S/c1-12-4-2-3-5-13(12)10-18-16(20)11-19-23(21,22)15-8-6-14(17)7-9-15/h2-9,19H,10-11H2,1H3,(H,18,20). The first kappa shape index (κ1) is 17.7. The van der Waals surface area contributed by atoms with Crippen molar-refractivity contribution in [3.63, 3.8) is 0 Å². The second-order valence-electron chi connectivity index (χ2n) is 4.98. The van der Waals surface area contributed by atoms with E-state index in [-0.39, 0.29) is 17.3 Å². The molecule has 0 radical (unpaired) electrons. The van der Waals surface area contributed by atoms with Crippen LogP contribution in [0, 0.1) is 6.92 Å². The SMILES string of the molecule is Cc1ccccc1CNC(=O)CNS(=O)(=O)c1ccc(Br)cc1. The van der Waals surface area contributed by atoms with Crippen LogP contribution in [0.5, 0.6) is 0 Å². The Morgan fingerprint density at radius 3 is 2.39 bits per heavy atom. The van der Waals surface area contributed by atoms with Gasteiger partial charge in [-0.3, -0.25) is 4.79 Å². The number of amides is 1. The van der Waals surface area contributed by atoms with E-state index in [1.807, 2.05) is 31.2 Å². The molecule has 0 saturated carbocycles. The normalized spacial score (nSPS) is 11.2. The predicted octanol–water partition coefficient (Wildman–Crippen LogP) is 2.35. The summed E-state index contributed by atoms with van der Waals surface area (Å²) in [6.07, 6.45) is 0. The maximum Gasteiger partial charge on any atom is 0.241 e. The van der Waals surface area contributed by atoms with Crippen molar-refractivity contribution >= 4 is 31.9 Å². The highest BCUT2D eigenvalue weighted by Gasteiger charge is 2.15. The molecule has 0 saturated heterocycles. The zero-order valence-corrected chi connectivity index (χ0v) is 14.9. The third-order valence-corrected chi connectivity index (χ3v) is 5.23. The van der Waals surface area contributed by atoms with Crippen LogP contribution in [0.1, 0.15) is 11.1 Å². The minimum Gasteiger partial charge on any atom is -0.351 e. The highest BCUT2D eigenvalue weighted by Crippen LogP contribution is 2.14. The van der Waals surface area contributed by atoms with Crippen LogP contribution < -0.4 is 10.0 Å². The lowest BCUT2D eigenvalue weighted by molar-refractivity contribution is -0.120. The van der Waals surface area contributed by atoms with Crippen LogP contribution in [-0.4, -0.2) is 20.9 Å². The second kappa shape index (κ2) is 7.72. The van der Waals surface area contributed by atoms with Gasteiger partial charge < -0.3 is 5.32 Å². The van der Waals surface area contributed by atoms with Gasteiger partial charge >= 0.3 is 0 Å². The van der Waals surface area contributed by atoms with Crippen molar-refractivity contribution < 1.29 is 13.2 Å². The van der Waals surface area contributed by atoms with Gasteiger partial charge in [0.15, 0.2) is 0 Å². The van der Waals surface area contributed by atoms with Gasteiger partial charge in [-0.05, 0) is 42.3 Å². The molecule has 2 aromatic carbocycles. The summed E-state index contributed by atoms with van der Waals surface area (Å²) in [5, 5.41) is 2.70. The summed E-state index contributed by atoms with van der Waals surface area (Å²) in [5.74, 6) is -0.381. The molecule has 0 fully saturated rings. The number of hydrogen-bond donors (Lipinski definition) is 2. The maximum absolute atomic E-state index is 12.1. The Hall–Kier alpha value is -1.70. The number of nitrogens with one attached hydrogen (secondary N) is 2. The van der Waals surface area contributed by atoms with Crippen molar-refractivity contribution in [2.24, 2.45) is 0 Å². The molecule has 23 heavy (non-hydrogen) atoms. The molecule has 0 aliphatic rings. The Labute approximate surface area is 144 Å². The Morgan fingerprint density at radius 2 is 1.74 bits per heavy atom. The lowest BCUT2D eigenvalue weighted by Gasteiger charge is -2.09. The van der Waals surface area contributed by atoms with Crippen LogP contribution in [-0.2, 0) is 21.4 Å². The first-order valence-corrected chi connectivity index (χ1v) is 9.22. The van der Waals surface area contributed by atoms with E-state index >= 15 is 0 Å². The molecule has 0 heterocycles. The molecule has 0 bridgehead atoms. The van der Waals surface area contributed by atoms with Crippen LogP contribution >= 0.6 is 15.9 Å². The van der Waals surface area contributed by atoms with Crippen molar-refractivity contribution in [2.45, 2.75) is 18.4 Å². The van der Waals surface area contributed by atoms with E-state index in [1.165, 1.54) is 12.1 Å². The summed E-state index contributed by atoms with van der Waals surface area (Å²) in [5.41, 5.74) is 2.07. The topological polar surface area (TPSA) is 75.3 Å². The number of carbonyl (C=O) groups is 1. The third kappa shape index (κ3) is 5.16. The van der Waals surface area contributed by atoms with Crippen LogP contribution in [0.15, 0.2) is 57.9 Å². The molecule has 1 amide bonds. The van der Waals surface area contributed by atoms with E-state index in [1.54, 1.807) is 12.1 Å². The molecule has 2 aromatic rings. The predicted molar refractivity (Wildman–Crippen MR) is 92.4 cm³/mol. The lowest BCUT2D eigenvalue weighted by atomic mass is 10.1. The molecular weight excluding hydrogens is 380 g/mol. The molecule has 0 spiro atoms. The lowest BCUT2D eigenvalue weighted by Crippen LogP contribution is -2.36. The van der Waals surface area contributed by atoms with Gasteiger partial charge in [-0.2, -0.15) is 0 Å². The molecule has 0 unspecified atom stereocenters. The van der Waals surface area contributed by atoms with Crippen LogP contribution in [0.25, 0.3) is 0 Å². The van der Waals surface area contributed by atoms with E-state index in [4.69, 9.17) is 0 Å². The van der Waals surface area contributed by atoms with Crippen molar-refractivity contribution in [2.75, 3.05) is 6.54 Å². The van der Waals surface area contributed by atoms with E-state index in [0.29, 0.717) is 6.54 Å². The third-order valence-electron chi connectivity index (χ3n) is 3.28. The average Bonchev–Trinajstić information content (AvgIpc) is 2.53. The van der Waals surface area contributed by atoms with Gasteiger partial charge in [-0.1, -0.05) is 40.2 Å². The molecule has 2 rings (SSSR count). The Morgan fingerprint density at radius 1 is 1.09 bits per heavy atom. The minimum absolute atomic E-state index is 0.118. The second-order valence-corrected chi connectivity index (χ2v) is 7.66. The number of benzene rings is 2. The van der Waals surface area contributed by atoms with Crippen molar-refractivity contribution in [3.8, 4) is 0 Å². The number of sulfonamides is 1. The zero-order chi connectivity index (χ0) is 16.9. The van der Waals surface area contributed by atoms with Gasteiger partial charge in [-0.25, -0.2) is 13.1 Å². The van der Waals surface area contributed by atoms with E-state index in [9.17, 15) is 13.2 Å². The van der Waals surface area contributed by atoms with Gasteiger partial charge in [0.2, 0.25) is 15.9 Å². The molecule has 2 N–H and O–H groups in total. The first-order chi connectivity index (χ1) is 10.9. The van der Waals surface area contributed by atoms with E-state index < -0.39 is 10.0 Å². The monoisotopic (exact) mass is 396 g/mol. The molecular formula is C16H17BrN2O3S. The largest absolute Gasteiger partial charge is 0.351 e. The summed E-state index contributed by atoms with van der Waals surface area (Å²) in [4.78, 5) is 11.9. The minimum atomic E-state index is -3.69. The molecule has 7 heteroatoms. The smallest absolute Gasteiger partial charge is 0.241 e. The molecule has 0 atom stereocenters. The van der Waals surface area contributed by atoms with Crippen LogP contribution in [0.2, 0.25) is 0 Å². The quantitative estimate of drug-likeness (QED) is 0.786. The molecule has 5 nitrogen and oxygen atoms in total. The fourth-order valence-corrected chi connectivity index (χ4v) is 3.17. The maximum atomic E-state index is 12.1. The van der Waals surface area contributed by atoms with Crippen molar-refractivity contribution in [1.82, 2.24) is 10.0 Å². The van der Waals surface area contributed by atoms with Crippen molar-refractivity contribution in [3.05, 3.63) is 64.1 Å². The highest BCUT2D eigenvalue weighted by molar-refractivity contribution is 9.10. The van der Waals surface area contributed by atoms with Gasteiger partial charge in [-0.15, -0.1) is 0 Å². The summed E-state index contributed by atoms with van der Waals surface area (Å²) < 4.78 is 27.2. The number of rotatable bonds is 6. The van der Waals surface area contributed by atoms with E-state index in [0.717, 1.165) is 15.6 Å². The van der Waals surface area contributed by atoms with Gasteiger partial charge in [0, 0.05) is 11.0 Å². The number of carbonyl (C=O) groups excluding carboxylic acids is 1. The van der Waals surface area contributed by atoms with E-state index in [2.05, 4.69) is 26.0 Å². The number of aryl methyl sites for hydroxylation is 1. The Kier molecular flexibility index (Phi) is 5.92. The van der Waals surface area contributed by atoms with Gasteiger partial charge in [0.25, 0.3) is 0 Å². The van der Waals surface area contributed by atoms with Crippen LogP contribution in [0.3, 0.4) is 0 Å². The first-order valence-electron chi connectivity index (χ1n) is 6.95. The summed E-state index contributed by atoms with van der Waals surface area (Å²) in [6, 6.07) is 13.9. The molecule has 0 aromatic heterocycles. The Balaban J connectivity index is 1.89. The highest BCUT2D eigenvalue weighted by atomic mass is 79.9. The average molecular weight is 397 g/mol. The molecule has 0 aliphatic heterocycles. The summed E-state index contributed by atoms with van der Waals surface area (Å²) in [7, 11) is -3.69. The van der Waals surface area contributed by atoms with Crippen LogP contribution in [0.4, 0.5) is 0 Å². The number of hydrogen-bond acceptors (Lipinski definition) is 3. The number of halogens is 1.